The van der Waals surface area contributed by atoms with E-state index in [1.165, 1.54) is 11.3 Å². The highest BCUT2D eigenvalue weighted by Gasteiger charge is 2.40. The summed E-state index contributed by atoms with van der Waals surface area (Å²) in [6.45, 7) is 2.05. The summed E-state index contributed by atoms with van der Waals surface area (Å²) in [5, 5.41) is 4.82. The van der Waals surface area contributed by atoms with E-state index >= 15 is 0 Å². The molecule has 0 amide bonds. The first kappa shape index (κ1) is 25.0. The molecule has 2 aromatic rings. The maximum absolute atomic E-state index is 13.5. The number of benzene rings is 1. The second-order valence-electron chi connectivity index (χ2n) is 6.00. The molecule has 1 N–H and O–H groups in total. The van der Waals surface area contributed by atoms with Gasteiger partial charge in [-0.1, -0.05) is 6.07 Å². The Bertz CT molecular complexity index is 743. The van der Waals surface area contributed by atoms with Gasteiger partial charge in [-0.15, -0.1) is 36.2 Å². The van der Waals surface area contributed by atoms with E-state index < -0.39 is 29.5 Å². The van der Waals surface area contributed by atoms with E-state index in [9.17, 15) is 26.3 Å². The van der Waals surface area contributed by atoms with Crippen LogP contribution in [-0.4, -0.2) is 31.1 Å². The number of nitrogens with one attached hydrogen (secondary N) is 1. The van der Waals surface area contributed by atoms with Gasteiger partial charge < -0.3 is 5.32 Å². The van der Waals surface area contributed by atoms with E-state index in [2.05, 4.69) is 5.32 Å². The first-order valence-electron chi connectivity index (χ1n) is 7.94. The van der Waals surface area contributed by atoms with Crippen molar-refractivity contribution in [1.29, 1.82) is 0 Å². The lowest BCUT2D eigenvalue weighted by molar-refractivity contribution is -0.142. The molecule has 1 aliphatic heterocycles. The summed E-state index contributed by atoms with van der Waals surface area (Å²) in [6.07, 6.45) is -9.44. The Morgan fingerprint density at radius 3 is 2.07 bits per heavy atom. The van der Waals surface area contributed by atoms with Gasteiger partial charge in [0.1, 0.15) is 0 Å². The van der Waals surface area contributed by atoms with Crippen molar-refractivity contribution < 1.29 is 26.3 Å². The summed E-state index contributed by atoms with van der Waals surface area (Å²) in [6, 6.07) is 4.18. The summed E-state index contributed by atoms with van der Waals surface area (Å²) in [7, 11) is 0. The maximum Gasteiger partial charge on any atom is 0.416 e. The van der Waals surface area contributed by atoms with E-state index in [4.69, 9.17) is 0 Å². The highest BCUT2D eigenvalue weighted by molar-refractivity contribution is 7.10. The average Bonchev–Trinajstić information content (AvgIpc) is 3.08. The molecule has 1 aromatic carbocycles. The monoisotopic (exact) mass is 466 g/mol. The fourth-order valence-corrected chi connectivity index (χ4v) is 4.02. The van der Waals surface area contributed by atoms with Gasteiger partial charge in [0, 0.05) is 31.1 Å². The van der Waals surface area contributed by atoms with Crippen LogP contribution in [0.25, 0.3) is 0 Å². The Morgan fingerprint density at radius 1 is 0.929 bits per heavy atom. The van der Waals surface area contributed by atoms with Crippen LogP contribution in [0.3, 0.4) is 0 Å². The second-order valence-corrected chi connectivity index (χ2v) is 6.98. The molecular weight excluding hydrogens is 449 g/mol. The smallest absolute Gasteiger partial charge is 0.314 e. The fourth-order valence-electron chi connectivity index (χ4n) is 3.14. The largest absolute Gasteiger partial charge is 0.416 e. The fraction of sp³-hybridized carbons (Fsp3) is 0.412. The van der Waals surface area contributed by atoms with Crippen LogP contribution in [-0.2, 0) is 12.4 Å². The number of nitrogens with zero attached hydrogens (tertiary/aromatic N) is 1. The highest BCUT2D eigenvalue weighted by atomic mass is 35.5. The SMILES string of the molecule is Cl.Cl.FC(F)(F)c1ccc(C(F)(F)F)c([C@H](c2cccs2)N2CCNCC2)c1. The molecule has 1 fully saturated rings. The van der Waals surface area contributed by atoms with Crippen LogP contribution < -0.4 is 5.32 Å². The van der Waals surface area contributed by atoms with Gasteiger partial charge in [-0.2, -0.15) is 26.3 Å². The molecular formula is C17H18Cl2F6N2S. The predicted molar refractivity (Wildman–Crippen MR) is 102 cm³/mol. The van der Waals surface area contributed by atoms with E-state index in [-0.39, 0.29) is 30.4 Å². The summed E-state index contributed by atoms with van der Waals surface area (Å²) < 4.78 is 80.0. The van der Waals surface area contributed by atoms with Crippen molar-refractivity contribution in [2.75, 3.05) is 26.2 Å². The van der Waals surface area contributed by atoms with Crippen LogP contribution in [0.15, 0.2) is 35.7 Å². The molecule has 11 heteroatoms. The van der Waals surface area contributed by atoms with Crippen LogP contribution in [0.5, 0.6) is 0 Å². The van der Waals surface area contributed by atoms with Gasteiger partial charge in [-0.3, -0.25) is 4.90 Å². The molecule has 28 heavy (non-hydrogen) atoms. The normalized spacial score (nSPS) is 16.8. The molecule has 1 aliphatic rings. The Morgan fingerprint density at radius 2 is 1.57 bits per heavy atom. The van der Waals surface area contributed by atoms with Crippen LogP contribution in [0.4, 0.5) is 26.3 Å². The quantitative estimate of drug-likeness (QED) is 0.590. The summed E-state index contributed by atoms with van der Waals surface area (Å²) in [5.74, 6) is 0. The van der Waals surface area contributed by atoms with E-state index in [1.54, 1.807) is 22.4 Å². The Hall–Kier alpha value is -1.00. The number of hydrogen-bond donors (Lipinski definition) is 1. The third kappa shape index (κ3) is 5.54. The summed E-state index contributed by atoms with van der Waals surface area (Å²) in [5.41, 5.74) is -2.45. The highest BCUT2D eigenvalue weighted by Crippen LogP contribution is 2.42. The lowest BCUT2D eigenvalue weighted by Crippen LogP contribution is -2.45. The van der Waals surface area contributed by atoms with Crippen molar-refractivity contribution in [3.63, 3.8) is 0 Å². The molecule has 1 saturated heterocycles. The molecule has 0 unspecified atom stereocenters. The zero-order valence-electron chi connectivity index (χ0n) is 14.3. The van der Waals surface area contributed by atoms with Gasteiger partial charge in [-0.05, 0) is 35.2 Å². The third-order valence-electron chi connectivity index (χ3n) is 4.31. The summed E-state index contributed by atoms with van der Waals surface area (Å²) >= 11 is 1.24. The molecule has 2 heterocycles. The van der Waals surface area contributed by atoms with E-state index in [0.29, 0.717) is 49.3 Å². The van der Waals surface area contributed by atoms with Crippen molar-refractivity contribution in [3.05, 3.63) is 57.3 Å². The lowest BCUT2D eigenvalue weighted by Gasteiger charge is -2.36. The van der Waals surface area contributed by atoms with Crippen LogP contribution in [0, 0.1) is 0 Å². The number of thiophene rings is 1. The molecule has 1 atom stereocenters. The summed E-state index contributed by atoms with van der Waals surface area (Å²) in [4.78, 5) is 2.39. The van der Waals surface area contributed by atoms with Gasteiger partial charge >= 0.3 is 12.4 Å². The number of halogens is 8. The van der Waals surface area contributed by atoms with Crippen LogP contribution in [0.1, 0.15) is 27.6 Å². The first-order valence-corrected chi connectivity index (χ1v) is 8.82. The molecule has 3 rings (SSSR count). The second kappa shape index (κ2) is 9.67. The van der Waals surface area contributed by atoms with Gasteiger partial charge in [0.15, 0.2) is 0 Å². The zero-order chi connectivity index (χ0) is 18.9. The van der Waals surface area contributed by atoms with Crippen LogP contribution >= 0.6 is 36.2 Å². The standard InChI is InChI=1S/C17H16F6N2S.2ClH/c18-16(19,20)11-3-4-13(17(21,22)23)12(10-11)15(14-2-1-9-26-14)25-7-5-24-6-8-25;;/h1-4,9-10,15,24H,5-8H2;2*1H/t15-;;/m1../s1. The zero-order valence-corrected chi connectivity index (χ0v) is 16.8. The van der Waals surface area contributed by atoms with Crippen molar-refractivity contribution >= 4 is 36.2 Å². The molecule has 2 nitrogen and oxygen atoms in total. The Kier molecular flexibility index (Phi) is 8.64. The van der Waals surface area contributed by atoms with Gasteiger partial charge in [0.2, 0.25) is 0 Å². The Balaban J connectivity index is 0.00000196. The minimum absolute atomic E-state index is 0. The van der Waals surface area contributed by atoms with E-state index in [1.807, 2.05) is 0 Å². The van der Waals surface area contributed by atoms with Crippen molar-refractivity contribution in [2.45, 2.75) is 18.4 Å². The molecule has 0 radical (unpaired) electrons. The van der Waals surface area contributed by atoms with Crippen LogP contribution in [0.2, 0.25) is 0 Å². The number of hydrogen-bond acceptors (Lipinski definition) is 3. The van der Waals surface area contributed by atoms with E-state index in [0.717, 1.165) is 0 Å². The first-order chi connectivity index (χ1) is 12.2. The van der Waals surface area contributed by atoms with Gasteiger partial charge in [0.05, 0.1) is 17.2 Å². The Labute approximate surface area is 174 Å². The minimum Gasteiger partial charge on any atom is -0.314 e. The molecule has 0 aliphatic carbocycles. The number of alkyl halides is 6. The topological polar surface area (TPSA) is 15.3 Å². The number of rotatable bonds is 3. The van der Waals surface area contributed by atoms with Gasteiger partial charge in [0.25, 0.3) is 0 Å². The van der Waals surface area contributed by atoms with Gasteiger partial charge in [-0.25, -0.2) is 0 Å². The molecule has 0 bridgehead atoms. The molecule has 1 aromatic heterocycles. The molecule has 158 valence electrons. The molecule has 0 saturated carbocycles. The minimum atomic E-state index is -4.73. The molecule has 0 spiro atoms. The maximum atomic E-state index is 13.5. The van der Waals surface area contributed by atoms with Crippen molar-refractivity contribution in [3.8, 4) is 0 Å². The van der Waals surface area contributed by atoms with Crippen molar-refractivity contribution in [2.24, 2.45) is 0 Å². The number of piperazine rings is 1. The van der Waals surface area contributed by atoms with Crippen molar-refractivity contribution in [1.82, 2.24) is 10.2 Å². The lowest BCUT2D eigenvalue weighted by atomic mass is 9.94. The third-order valence-corrected chi connectivity index (χ3v) is 5.23. The average molecular weight is 467 g/mol. The predicted octanol–water partition coefficient (Wildman–Crippen LogP) is 5.62.